The third-order valence-electron chi connectivity index (χ3n) is 3.95. The van der Waals surface area contributed by atoms with Gasteiger partial charge in [0.15, 0.2) is 6.10 Å². The van der Waals surface area contributed by atoms with Crippen LogP contribution in [0.1, 0.15) is 36.4 Å². The maximum absolute atomic E-state index is 12.1. The van der Waals surface area contributed by atoms with Crippen molar-refractivity contribution in [3.05, 3.63) is 46.8 Å². The van der Waals surface area contributed by atoms with Crippen molar-refractivity contribution in [1.29, 1.82) is 0 Å². The van der Waals surface area contributed by atoms with Crippen LogP contribution in [0.15, 0.2) is 28.8 Å². The van der Waals surface area contributed by atoms with Crippen molar-refractivity contribution >= 4 is 29.3 Å². The first-order chi connectivity index (χ1) is 12.4. The Bertz CT molecular complexity index is 736. The number of aryl methyl sites for hydroxylation is 3. The van der Waals surface area contributed by atoms with Crippen LogP contribution in [0.2, 0.25) is 0 Å². The summed E-state index contributed by atoms with van der Waals surface area (Å²) < 4.78 is 10.3. The summed E-state index contributed by atoms with van der Waals surface area (Å²) >= 11 is 1.40. The fourth-order valence-corrected chi connectivity index (χ4v) is 3.25. The van der Waals surface area contributed by atoms with Crippen LogP contribution in [0, 0.1) is 13.8 Å². The molecule has 0 fully saturated rings. The van der Waals surface area contributed by atoms with E-state index < -0.39 is 12.1 Å². The maximum atomic E-state index is 12.1. The van der Waals surface area contributed by atoms with E-state index in [2.05, 4.69) is 17.4 Å². The Hall–Kier alpha value is -2.28. The van der Waals surface area contributed by atoms with Gasteiger partial charge in [0.1, 0.15) is 5.76 Å². The molecule has 2 aromatic rings. The lowest BCUT2D eigenvalue weighted by molar-refractivity contribution is -0.150. The van der Waals surface area contributed by atoms with Gasteiger partial charge in [-0.1, -0.05) is 24.2 Å². The first-order valence-corrected chi connectivity index (χ1v) is 9.65. The zero-order chi connectivity index (χ0) is 19.1. The average molecular weight is 376 g/mol. The highest BCUT2D eigenvalue weighted by molar-refractivity contribution is 7.99. The van der Waals surface area contributed by atoms with Crippen molar-refractivity contribution in [3.63, 3.8) is 0 Å². The molecule has 1 heterocycles. The summed E-state index contributed by atoms with van der Waals surface area (Å²) in [5.74, 6) is 0.752. The molecule has 0 aliphatic heterocycles. The molecule has 0 radical (unpaired) electrons. The largest absolute Gasteiger partial charge is 0.452 e. The molecule has 0 saturated carbocycles. The summed E-state index contributed by atoms with van der Waals surface area (Å²) in [7, 11) is 0. The van der Waals surface area contributed by atoms with Crippen molar-refractivity contribution in [3.8, 4) is 0 Å². The molecular formula is C19H24N2O4S. The minimum absolute atomic E-state index is 0.160. The number of hydrogen-bond donors (Lipinski definition) is 1. The van der Waals surface area contributed by atoms with Crippen LogP contribution in [-0.4, -0.2) is 28.9 Å². The number of rotatable bonds is 8. The number of carbonyl (C=O) groups excluding carboxylic acids is 2. The van der Waals surface area contributed by atoms with Gasteiger partial charge in [-0.25, -0.2) is 0 Å². The molecule has 6 nitrogen and oxygen atoms in total. The molecule has 1 atom stereocenters. The molecule has 0 aliphatic rings. The number of nitrogens with one attached hydrogen (secondary N) is 1. The summed E-state index contributed by atoms with van der Waals surface area (Å²) in [6.07, 6.45) is 0.0846. The fraction of sp³-hybridized carbons (Fsp3) is 0.421. The average Bonchev–Trinajstić information content (AvgIpc) is 2.94. The summed E-state index contributed by atoms with van der Waals surface area (Å²) in [5.41, 5.74) is 3.69. The minimum atomic E-state index is -0.854. The second-order valence-corrected chi connectivity index (χ2v) is 6.95. The molecule has 0 saturated heterocycles. The molecule has 0 spiro atoms. The molecule has 1 N–H and O–H groups in total. The highest BCUT2D eigenvalue weighted by Gasteiger charge is 2.18. The number of nitrogens with zero attached hydrogens (tertiary/aromatic N) is 1. The predicted molar refractivity (Wildman–Crippen MR) is 102 cm³/mol. The van der Waals surface area contributed by atoms with E-state index in [4.69, 9.17) is 9.26 Å². The van der Waals surface area contributed by atoms with Gasteiger partial charge in [-0.05, 0) is 44.9 Å². The Kier molecular flexibility index (Phi) is 7.26. The molecule has 26 heavy (non-hydrogen) atoms. The van der Waals surface area contributed by atoms with Crippen LogP contribution in [0.5, 0.6) is 0 Å². The van der Waals surface area contributed by atoms with E-state index in [0.717, 1.165) is 23.4 Å². The number of benzene rings is 1. The van der Waals surface area contributed by atoms with E-state index >= 15 is 0 Å². The lowest BCUT2D eigenvalue weighted by Crippen LogP contribution is -2.30. The van der Waals surface area contributed by atoms with E-state index in [1.54, 1.807) is 6.92 Å². The number of aromatic nitrogens is 1. The first kappa shape index (κ1) is 20.0. The number of esters is 1. The summed E-state index contributed by atoms with van der Waals surface area (Å²) in [6.45, 7) is 7.34. The first-order valence-electron chi connectivity index (χ1n) is 8.49. The topological polar surface area (TPSA) is 81.4 Å². The Labute approximate surface area is 157 Å². The van der Waals surface area contributed by atoms with Crippen LogP contribution in [0.3, 0.4) is 0 Å². The Morgan fingerprint density at radius 1 is 1.27 bits per heavy atom. The smallest absolute Gasteiger partial charge is 0.316 e. The SMILES string of the molecule is CCc1ccc(NC(=O)[C@@H](C)OC(=O)CSCc2c(C)noc2C)cc1. The van der Waals surface area contributed by atoms with Gasteiger partial charge in [0.05, 0.1) is 11.4 Å². The van der Waals surface area contributed by atoms with Crippen LogP contribution in [-0.2, 0) is 26.5 Å². The summed E-state index contributed by atoms with van der Waals surface area (Å²) in [6, 6.07) is 7.59. The number of thioether (sulfide) groups is 1. The van der Waals surface area contributed by atoms with Gasteiger partial charge >= 0.3 is 5.97 Å². The lowest BCUT2D eigenvalue weighted by atomic mass is 10.1. The molecule has 0 bridgehead atoms. The van der Waals surface area contributed by atoms with Crippen molar-refractivity contribution in [2.45, 2.75) is 46.0 Å². The van der Waals surface area contributed by atoms with E-state index in [-0.39, 0.29) is 11.7 Å². The fourth-order valence-electron chi connectivity index (χ4n) is 2.30. The molecule has 2 rings (SSSR count). The third-order valence-corrected chi connectivity index (χ3v) is 4.89. The van der Waals surface area contributed by atoms with Crippen molar-refractivity contribution < 1.29 is 18.8 Å². The van der Waals surface area contributed by atoms with Crippen molar-refractivity contribution in [2.24, 2.45) is 0 Å². The van der Waals surface area contributed by atoms with Gasteiger partial charge in [-0.2, -0.15) is 0 Å². The zero-order valence-electron chi connectivity index (χ0n) is 15.5. The normalized spacial score (nSPS) is 11.8. The number of hydrogen-bond acceptors (Lipinski definition) is 6. The summed E-state index contributed by atoms with van der Waals surface area (Å²) in [5, 5.41) is 6.63. The van der Waals surface area contributed by atoms with Crippen LogP contribution >= 0.6 is 11.8 Å². The number of carbonyl (C=O) groups is 2. The maximum Gasteiger partial charge on any atom is 0.316 e. The molecule has 7 heteroatoms. The van der Waals surface area contributed by atoms with Crippen LogP contribution in [0.25, 0.3) is 0 Å². The monoisotopic (exact) mass is 376 g/mol. The second-order valence-electron chi connectivity index (χ2n) is 5.97. The lowest BCUT2D eigenvalue weighted by Gasteiger charge is -2.13. The molecular weight excluding hydrogens is 352 g/mol. The highest BCUT2D eigenvalue weighted by Crippen LogP contribution is 2.19. The van der Waals surface area contributed by atoms with Crippen LogP contribution < -0.4 is 5.32 Å². The Morgan fingerprint density at radius 2 is 1.96 bits per heavy atom. The van der Waals surface area contributed by atoms with Gasteiger partial charge < -0.3 is 14.6 Å². The van der Waals surface area contributed by atoms with E-state index in [1.165, 1.54) is 17.3 Å². The van der Waals surface area contributed by atoms with Gasteiger partial charge in [0.2, 0.25) is 0 Å². The standard InChI is InChI=1S/C19H24N2O4S/c1-5-15-6-8-16(9-7-15)20-19(23)14(4)24-18(22)11-26-10-17-12(2)21-25-13(17)3/h6-9,14H,5,10-11H2,1-4H3,(H,20,23)/t14-/m1/s1. The van der Waals surface area contributed by atoms with Crippen molar-refractivity contribution in [1.82, 2.24) is 5.16 Å². The van der Waals surface area contributed by atoms with Crippen LogP contribution in [0.4, 0.5) is 5.69 Å². The van der Waals surface area contributed by atoms with Gasteiger partial charge in [0.25, 0.3) is 5.91 Å². The number of anilines is 1. The van der Waals surface area contributed by atoms with Gasteiger partial charge in [-0.15, -0.1) is 11.8 Å². The zero-order valence-corrected chi connectivity index (χ0v) is 16.3. The second kappa shape index (κ2) is 9.43. The molecule has 1 aromatic heterocycles. The van der Waals surface area contributed by atoms with Crippen molar-refractivity contribution in [2.75, 3.05) is 11.1 Å². The molecule has 0 unspecified atom stereocenters. The quantitative estimate of drug-likeness (QED) is 0.708. The van der Waals surface area contributed by atoms with Gasteiger partial charge in [0, 0.05) is 17.0 Å². The molecule has 0 aliphatic carbocycles. The van der Waals surface area contributed by atoms with Gasteiger partial charge in [-0.3, -0.25) is 9.59 Å². The van der Waals surface area contributed by atoms with E-state index in [9.17, 15) is 9.59 Å². The molecule has 1 aromatic carbocycles. The molecule has 140 valence electrons. The predicted octanol–water partition coefficient (Wildman–Crippen LogP) is 3.66. The highest BCUT2D eigenvalue weighted by atomic mass is 32.2. The van der Waals surface area contributed by atoms with E-state index in [1.807, 2.05) is 38.1 Å². The third kappa shape index (κ3) is 5.62. The number of ether oxygens (including phenoxy) is 1. The minimum Gasteiger partial charge on any atom is -0.452 e. The Morgan fingerprint density at radius 3 is 2.54 bits per heavy atom. The molecule has 1 amide bonds. The number of amides is 1. The summed E-state index contributed by atoms with van der Waals surface area (Å²) in [4.78, 5) is 24.1. The Balaban J connectivity index is 1.75. The van der Waals surface area contributed by atoms with E-state index in [0.29, 0.717) is 11.4 Å².